The molecule has 0 radical (unpaired) electrons. The number of nitrogens with one attached hydrogen (secondary N) is 1. The molecule has 0 spiro atoms. The maximum Gasteiger partial charge on any atom is 0.324 e. The van der Waals surface area contributed by atoms with Crippen LogP contribution in [0.2, 0.25) is 0 Å². The number of hydrogen-bond donors (Lipinski definition) is 1. The average molecular weight is 376 g/mol. The summed E-state index contributed by atoms with van der Waals surface area (Å²) >= 11 is 1.53. The molecule has 0 saturated carbocycles. The number of hydrogen-bond acceptors (Lipinski definition) is 5. The number of thiazole rings is 1. The van der Waals surface area contributed by atoms with Crippen LogP contribution < -0.4 is 15.0 Å². The number of nitrogens with zero attached hydrogens (tertiary/aromatic N) is 3. The molecule has 3 aliphatic rings. The van der Waals surface area contributed by atoms with Crippen molar-refractivity contribution in [1.82, 2.24) is 15.2 Å². The normalized spacial score (nSPS) is 28.6. The molecule has 3 atom stereocenters. The standard InChI is InChI=1S/C18H21FN4O2S/c1-10-13(9-22-6-4-11(19)8-22)23(17(24)20-10)18-21-16-12-5-7-25-14(12)2-3-15(16)26-18/h2-3,10-11,13H,4-9H2,1H3,(H,20,24)/t10-,11-,13+/m0/s1. The average Bonchev–Trinajstić information content (AvgIpc) is 3.34. The van der Waals surface area contributed by atoms with Crippen molar-refractivity contribution in [2.75, 3.05) is 31.1 Å². The van der Waals surface area contributed by atoms with Crippen LogP contribution in [0.4, 0.5) is 14.3 Å². The summed E-state index contributed by atoms with van der Waals surface area (Å²) in [5.41, 5.74) is 2.07. The summed E-state index contributed by atoms with van der Waals surface area (Å²) in [5.74, 6) is 0.899. The van der Waals surface area contributed by atoms with Gasteiger partial charge < -0.3 is 10.1 Å². The Balaban J connectivity index is 1.48. The number of ether oxygens (including phenoxy) is 1. The summed E-state index contributed by atoms with van der Waals surface area (Å²) < 4.78 is 20.2. The molecule has 0 bridgehead atoms. The fourth-order valence-corrected chi connectivity index (χ4v) is 5.23. The van der Waals surface area contributed by atoms with Crippen LogP contribution in [0.5, 0.6) is 5.75 Å². The van der Waals surface area contributed by atoms with E-state index in [9.17, 15) is 9.18 Å². The van der Waals surface area contributed by atoms with Crippen LogP contribution >= 0.6 is 11.3 Å². The van der Waals surface area contributed by atoms with Crippen molar-refractivity contribution in [2.45, 2.75) is 38.0 Å². The van der Waals surface area contributed by atoms with E-state index >= 15 is 0 Å². The van der Waals surface area contributed by atoms with Crippen molar-refractivity contribution in [2.24, 2.45) is 0 Å². The molecule has 5 rings (SSSR count). The van der Waals surface area contributed by atoms with Crippen LogP contribution in [0.3, 0.4) is 0 Å². The fraction of sp³-hybridized carbons (Fsp3) is 0.556. The second-order valence-electron chi connectivity index (χ2n) is 7.30. The Kier molecular flexibility index (Phi) is 3.79. The molecule has 3 aliphatic heterocycles. The van der Waals surface area contributed by atoms with Crippen molar-refractivity contribution in [3.05, 3.63) is 17.7 Å². The molecule has 2 saturated heterocycles. The first-order valence-electron chi connectivity index (χ1n) is 9.11. The highest BCUT2D eigenvalue weighted by Crippen LogP contribution is 2.39. The first-order chi connectivity index (χ1) is 12.6. The first kappa shape index (κ1) is 16.3. The van der Waals surface area contributed by atoms with E-state index in [4.69, 9.17) is 9.72 Å². The number of anilines is 1. The molecular formula is C18H21FN4O2S. The molecule has 138 valence electrons. The van der Waals surface area contributed by atoms with Crippen LogP contribution in [0.15, 0.2) is 12.1 Å². The Bertz CT molecular complexity index is 872. The van der Waals surface area contributed by atoms with E-state index < -0.39 is 6.17 Å². The predicted octanol–water partition coefficient (Wildman–Crippen LogP) is 2.56. The van der Waals surface area contributed by atoms with Gasteiger partial charge in [0.1, 0.15) is 11.9 Å². The minimum absolute atomic E-state index is 0.00206. The lowest BCUT2D eigenvalue weighted by molar-refractivity contribution is 0.250. The van der Waals surface area contributed by atoms with Crippen molar-refractivity contribution < 1.29 is 13.9 Å². The maximum atomic E-state index is 13.5. The van der Waals surface area contributed by atoms with Gasteiger partial charge in [-0.15, -0.1) is 0 Å². The van der Waals surface area contributed by atoms with Crippen molar-refractivity contribution in [1.29, 1.82) is 0 Å². The lowest BCUT2D eigenvalue weighted by Crippen LogP contribution is -2.45. The number of aromatic nitrogens is 1. The Labute approximate surface area is 154 Å². The number of rotatable bonds is 3. The summed E-state index contributed by atoms with van der Waals surface area (Å²) in [4.78, 5) is 21.3. The smallest absolute Gasteiger partial charge is 0.324 e. The third-order valence-electron chi connectivity index (χ3n) is 5.57. The van der Waals surface area contributed by atoms with Crippen LogP contribution in [0.25, 0.3) is 10.2 Å². The van der Waals surface area contributed by atoms with E-state index in [1.807, 2.05) is 19.1 Å². The molecule has 1 N–H and O–H groups in total. The number of carbonyl (C=O) groups excluding carboxylic acids is 1. The van der Waals surface area contributed by atoms with Gasteiger partial charge in [-0.2, -0.15) is 0 Å². The molecule has 2 amide bonds. The molecule has 0 aliphatic carbocycles. The largest absolute Gasteiger partial charge is 0.493 e. The van der Waals surface area contributed by atoms with Gasteiger partial charge in [0.05, 0.1) is 28.9 Å². The van der Waals surface area contributed by atoms with Crippen LogP contribution in [0.1, 0.15) is 18.9 Å². The van der Waals surface area contributed by atoms with Gasteiger partial charge >= 0.3 is 6.03 Å². The van der Waals surface area contributed by atoms with Crippen LogP contribution in [-0.4, -0.2) is 60.4 Å². The van der Waals surface area contributed by atoms with Gasteiger partial charge in [-0.1, -0.05) is 11.3 Å². The summed E-state index contributed by atoms with van der Waals surface area (Å²) in [6.45, 7) is 4.56. The molecule has 1 aromatic heterocycles. The third-order valence-corrected chi connectivity index (χ3v) is 6.59. The molecule has 6 nitrogen and oxygen atoms in total. The molecule has 4 heterocycles. The zero-order chi connectivity index (χ0) is 17.8. The minimum Gasteiger partial charge on any atom is -0.493 e. The molecule has 1 aromatic carbocycles. The predicted molar refractivity (Wildman–Crippen MR) is 99.0 cm³/mol. The Morgan fingerprint density at radius 1 is 1.46 bits per heavy atom. The van der Waals surface area contributed by atoms with Gasteiger partial charge in [0.2, 0.25) is 0 Å². The molecule has 2 aromatic rings. The van der Waals surface area contributed by atoms with Crippen molar-refractivity contribution >= 4 is 32.7 Å². The second kappa shape index (κ2) is 6.06. The SMILES string of the molecule is C[C@@H]1NC(=O)N(c2nc3c4c(ccc3s2)OCC4)[C@@H]1CN1CC[C@H](F)C1. The molecule has 8 heteroatoms. The van der Waals surface area contributed by atoms with E-state index in [2.05, 4.69) is 10.2 Å². The quantitative estimate of drug-likeness (QED) is 0.895. The summed E-state index contributed by atoms with van der Waals surface area (Å²) in [6.07, 6.45) is 0.678. The highest BCUT2D eigenvalue weighted by atomic mass is 32.1. The number of alkyl halides is 1. The first-order valence-corrected chi connectivity index (χ1v) is 9.93. The zero-order valence-electron chi connectivity index (χ0n) is 14.6. The van der Waals surface area contributed by atoms with Crippen molar-refractivity contribution in [3.63, 3.8) is 0 Å². The number of amides is 2. The number of fused-ring (bicyclic) bond motifs is 3. The Morgan fingerprint density at radius 3 is 3.15 bits per heavy atom. The highest BCUT2D eigenvalue weighted by molar-refractivity contribution is 7.22. The molecule has 2 fully saturated rings. The molecule has 0 unspecified atom stereocenters. The van der Waals surface area contributed by atoms with Crippen LogP contribution in [0, 0.1) is 0 Å². The van der Waals surface area contributed by atoms with E-state index in [0.717, 1.165) is 34.5 Å². The van der Waals surface area contributed by atoms with Gasteiger partial charge in [-0.25, -0.2) is 14.2 Å². The number of urea groups is 1. The van der Waals surface area contributed by atoms with Gasteiger partial charge in [-0.05, 0) is 25.5 Å². The lowest BCUT2D eigenvalue weighted by Gasteiger charge is -2.27. The van der Waals surface area contributed by atoms with Gasteiger partial charge in [0, 0.05) is 31.6 Å². The third kappa shape index (κ3) is 2.54. The lowest BCUT2D eigenvalue weighted by atomic mass is 10.1. The number of likely N-dealkylation sites (tertiary alicyclic amines) is 1. The molecule has 26 heavy (non-hydrogen) atoms. The molecular weight excluding hydrogens is 355 g/mol. The topological polar surface area (TPSA) is 57.7 Å². The van der Waals surface area contributed by atoms with E-state index in [-0.39, 0.29) is 18.1 Å². The number of benzene rings is 1. The van der Waals surface area contributed by atoms with Gasteiger partial charge in [0.25, 0.3) is 0 Å². The van der Waals surface area contributed by atoms with E-state index in [1.165, 1.54) is 11.3 Å². The van der Waals surface area contributed by atoms with E-state index in [1.54, 1.807) is 4.90 Å². The summed E-state index contributed by atoms with van der Waals surface area (Å²) in [6, 6.07) is 3.84. The van der Waals surface area contributed by atoms with Crippen molar-refractivity contribution in [3.8, 4) is 5.75 Å². The fourth-order valence-electron chi connectivity index (χ4n) is 4.18. The van der Waals surface area contributed by atoms with Crippen LogP contribution in [-0.2, 0) is 6.42 Å². The Morgan fingerprint density at radius 2 is 2.35 bits per heavy atom. The summed E-state index contributed by atoms with van der Waals surface area (Å²) in [7, 11) is 0. The maximum absolute atomic E-state index is 13.5. The van der Waals surface area contributed by atoms with E-state index in [0.29, 0.717) is 31.2 Å². The highest BCUT2D eigenvalue weighted by Gasteiger charge is 2.41. The summed E-state index contributed by atoms with van der Waals surface area (Å²) in [5, 5.41) is 3.72. The zero-order valence-corrected chi connectivity index (χ0v) is 15.4. The minimum atomic E-state index is -0.756. The van der Waals surface area contributed by atoms with Gasteiger partial charge in [-0.3, -0.25) is 9.80 Å². The number of halogens is 1. The monoisotopic (exact) mass is 376 g/mol. The Hall–Kier alpha value is -1.93. The van der Waals surface area contributed by atoms with Gasteiger partial charge in [0.15, 0.2) is 5.13 Å². The number of carbonyl (C=O) groups is 1. The second-order valence-corrected chi connectivity index (χ2v) is 8.31.